The van der Waals surface area contributed by atoms with Crippen LogP contribution in [-0.4, -0.2) is 47.0 Å². The molecule has 26 heavy (non-hydrogen) atoms. The van der Waals surface area contributed by atoms with E-state index >= 15 is 0 Å². The predicted octanol–water partition coefficient (Wildman–Crippen LogP) is 2.59. The molecule has 1 atom stereocenters. The van der Waals surface area contributed by atoms with Crippen LogP contribution in [0, 0.1) is 5.92 Å². The predicted molar refractivity (Wildman–Crippen MR) is 101 cm³/mol. The zero-order valence-corrected chi connectivity index (χ0v) is 15.6. The highest BCUT2D eigenvalue weighted by Crippen LogP contribution is 2.27. The van der Waals surface area contributed by atoms with Crippen LogP contribution in [0.15, 0.2) is 36.7 Å². The van der Waals surface area contributed by atoms with Crippen LogP contribution >= 0.6 is 0 Å². The Morgan fingerprint density at radius 2 is 2.08 bits per heavy atom. The fourth-order valence-electron chi connectivity index (χ4n) is 3.29. The minimum absolute atomic E-state index is 0.0175. The van der Waals surface area contributed by atoms with Crippen molar-refractivity contribution < 1.29 is 9.59 Å². The van der Waals surface area contributed by atoms with E-state index < -0.39 is 0 Å². The number of nitrogens with one attached hydrogen (secondary N) is 1. The molecule has 1 N–H and O–H groups in total. The van der Waals surface area contributed by atoms with E-state index in [-0.39, 0.29) is 24.2 Å². The third-order valence-electron chi connectivity index (χ3n) is 5.01. The van der Waals surface area contributed by atoms with Crippen molar-refractivity contribution in [3.8, 4) is 0 Å². The van der Waals surface area contributed by atoms with E-state index in [1.54, 1.807) is 23.0 Å². The van der Waals surface area contributed by atoms with E-state index in [0.717, 1.165) is 17.7 Å². The summed E-state index contributed by atoms with van der Waals surface area (Å²) in [5, 5.41) is 6.69. The number of hydrogen-bond acceptors (Lipinski definition) is 3. The number of amides is 2. The van der Waals surface area contributed by atoms with E-state index in [2.05, 4.69) is 36.2 Å². The lowest BCUT2D eigenvalue weighted by atomic mass is 10.0. The van der Waals surface area contributed by atoms with Crippen LogP contribution in [0.25, 0.3) is 0 Å². The molecule has 0 spiro atoms. The summed E-state index contributed by atoms with van der Waals surface area (Å²) < 4.78 is 0. The van der Waals surface area contributed by atoms with Crippen LogP contribution in [0.2, 0.25) is 0 Å². The zero-order valence-electron chi connectivity index (χ0n) is 15.6. The first kappa shape index (κ1) is 18.2. The Morgan fingerprint density at radius 3 is 2.69 bits per heavy atom. The highest BCUT2D eigenvalue weighted by molar-refractivity contribution is 6.00. The van der Waals surface area contributed by atoms with E-state index in [1.807, 2.05) is 18.3 Å². The molecule has 1 aromatic carbocycles. The topological polar surface area (TPSA) is 69.3 Å². The molecule has 6 heteroatoms. The summed E-state index contributed by atoms with van der Waals surface area (Å²) in [4.78, 5) is 28.6. The van der Waals surface area contributed by atoms with E-state index in [0.29, 0.717) is 19.0 Å². The fourth-order valence-corrected chi connectivity index (χ4v) is 3.29. The largest absolute Gasteiger partial charge is 0.345 e. The number of hydrogen-bond donors (Lipinski definition) is 1. The van der Waals surface area contributed by atoms with Crippen molar-refractivity contribution in [1.29, 1.82) is 0 Å². The number of aromatic amines is 1. The van der Waals surface area contributed by atoms with Crippen LogP contribution in [0.1, 0.15) is 37.3 Å². The van der Waals surface area contributed by atoms with Gasteiger partial charge in [0.15, 0.2) is 0 Å². The molecule has 0 aliphatic carbocycles. The van der Waals surface area contributed by atoms with Crippen molar-refractivity contribution in [2.45, 2.75) is 32.6 Å². The molecule has 0 bridgehead atoms. The van der Waals surface area contributed by atoms with Gasteiger partial charge in [0.2, 0.25) is 11.8 Å². The molecule has 1 aliphatic rings. The van der Waals surface area contributed by atoms with Crippen molar-refractivity contribution in [1.82, 2.24) is 15.1 Å². The summed E-state index contributed by atoms with van der Waals surface area (Å²) >= 11 is 0. The number of H-pyrrole nitrogens is 1. The Hall–Kier alpha value is -2.63. The second-order valence-corrected chi connectivity index (χ2v) is 7.27. The second kappa shape index (κ2) is 7.72. The average Bonchev–Trinajstić information content (AvgIpc) is 3.28. The smallest absolute Gasteiger partial charge is 0.227 e. The minimum Gasteiger partial charge on any atom is -0.345 e. The molecule has 0 saturated carbocycles. The molecule has 2 amide bonds. The minimum atomic E-state index is -0.276. The summed E-state index contributed by atoms with van der Waals surface area (Å²) in [6, 6.07) is 8.06. The summed E-state index contributed by atoms with van der Waals surface area (Å²) in [5.41, 5.74) is 3.18. The lowest BCUT2D eigenvalue weighted by Gasteiger charge is -2.21. The van der Waals surface area contributed by atoms with Crippen molar-refractivity contribution in [2.75, 3.05) is 25.0 Å². The Bertz CT molecular complexity index is 753. The SMILES string of the molecule is CC(C)c1ccc(N2C[C@H](C(=O)N(C)CCc3cn[nH]c3)CC2=O)cc1. The van der Waals surface area contributed by atoms with Crippen LogP contribution in [0.3, 0.4) is 0 Å². The van der Waals surface area contributed by atoms with Gasteiger partial charge in [-0.05, 0) is 35.6 Å². The molecule has 1 aromatic heterocycles. The van der Waals surface area contributed by atoms with E-state index in [1.165, 1.54) is 5.56 Å². The first-order valence-electron chi connectivity index (χ1n) is 9.08. The second-order valence-electron chi connectivity index (χ2n) is 7.27. The van der Waals surface area contributed by atoms with Gasteiger partial charge in [0.25, 0.3) is 0 Å². The number of carbonyl (C=O) groups is 2. The van der Waals surface area contributed by atoms with Crippen LogP contribution in [0.4, 0.5) is 5.69 Å². The quantitative estimate of drug-likeness (QED) is 0.867. The molecular weight excluding hydrogens is 328 g/mol. The fraction of sp³-hybridized carbons (Fsp3) is 0.450. The number of nitrogens with zero attached hydrogens (tertiary/aromatic N) is 3. The van der Waals surface area contributed by atoms with Crippen LogP contribution in [0.5, 0.6) is 0 Å². The standard InChI is InChI=1S/C20H26N4O2/c1-14(2)16-4-6-18(7-5-16)24-13-17(10-19(24)25)20(26)23(3)9-8-15-11-21-22-12-15/h4-7,11-12,14,17H,8-10,13H2,1-3H3,(H,21,22)/t17-/m1/s1. The Morgan fingerprint density at radius 1 is 1.35 bits per heavy atom. The highest BCUT2D eigenvalue weighted by atomic mass is 16.2. The zero-order chi connectivity index (χ0) is 18.7. The average molecular weight is 354 g/mol. The third-order valence-corrected chi connectivity index (χ3v) is 5.01. The summed E-state index contributed by atoms with van der Waals surface area (Å²) in [6.45, 7) is 5.36. The maximum Gasteiger partial charge on any atom is 0.227 e. The molecular formula is C20H26N4O2. The van der Waals surface area contributed by atoms with E-state index in [4.69, 9.17) is 0 Å². The first-order valence-corrected chi connectivity index (χ1v) is 9.08. The van der Waals surface area contributed by atoms with Gasteiger partial charge in [-0.15, -0.1) is 0 Å². The van der Waals surface area contributed by atoms with Gasteiger partial charge in [-0.25, -0.2) is 0 Å². The molecule has 0 unspecified atom stereocenters. The van der Waals surface area contributed by atoms with Gasteiger partial charge >= 0.3 is 0 Å². The van der Waals surface area contributed by atoms with Crippen molar-refractivity contribution in [3.05, 3.63) is 47.8 Å². The van der Waals surface area contributed by atoms with E-state index in [9.17, 15) is 9.59 Å². The van der Waals surface area contributed by atoms with Gasteiger partial charge in [-0.3, -0.25) is 14.7 Å². The Kier molecular flexibility index (Phi) is 5.40. The van der Waals surface area contributed by atoms with Gasteiger partial charge in [-0.2, -0.15) is 5.10 Å². The maximum absolute atomic E-state index is 12.7. The third kappa shape index (κ3) is 3.95. The van der Waals surface area contributed by atoms with Gasteiger partial charge < -0.3 is 9.80 Å². The number of anilines is 1. The van der Waals surface area contributed by atoms with Crippen LogP contribution < -0.4 is 4.90 Å². The normalized spacial score (nSPS) is 17.2. The highest BCUT2D eigenvalue weighted by Gasteiger charge is 2.36. The summed E-state index contributed by atoms with van der Waals surface area (Å²) in [7, 11) is 1.80. The Labute approximate surface area is 154 Å². The number of likely N-dealkylation sites (N-methyl/N-ethyl adjacent to an activating group) is 1. The van der Waals surface area contributed by atoms with Crippen molar-refractivity contribution in [2.24, 2.45) is 5.92 Å². The molecule has 6 nitrogen and oxygen atoms in total. The van der Waals surface area contributed by atoms with Gasteiger partial charge in [0.1, 0.15) is 0 Å². The van der Waals surface area contributed by atoms with Gasteiger partial charge in [-0.1, -0.05) is 26.0 Å². The molecule has 1 fully saturated rings. The summed E-state index contributed by atoms with van der Waals surface area (Å²) in [6.07, 6.45) is 4.63. The molecule has 2 aromatic rings. The molecule has 1 saturated heterocycles. The number of rotatable bonds is 6. The number of aromatic nitrogens is 2. The van der Waals surface area contributed by atoms with Crippen molar-refractivity contribution >= 4 is 17.5 Å². The van der Waals surface area contributed by atoms with Gasteiger partial charge in [0, 0.05) is 38.4 Å². The molecule has 138 valence electrons. The lowest BCUT2D eigenvalue weighted by molar-refractivity contribution is -0.134. The Balaban J connectivity index is 1.60. The molecule has 1 aliphatic heterocycles. The number of benzene rings is 1. The molecule has 0 radical (unpaired) electrons. The van der Waals surface area contributed by atoms with Gasteiger partial charge in [0.05, 0.1) is 12.1 Å². The monoisotopic (exact) mass is 354 g/mol. The van der Waals surface area contributed by atoms with Crippen LogP contribution in [-0.2, 0) is 16.0 Å². The van der Waals surface area contributed by atoms with Crippen molar-refractivity contribution in [3.63, 3.8) is 0 Å². The lowest BCUT2D eigenvalue weighted by Crippen LogP contribution is -2.35. The summed E-state index contributed by atoms with van der Waals surface area (Å²) in [5.74, 6) is 0.227. The first-order chi connectivity index (χ1) is 12.5. The maximum atomic E-state index is 12.7. The number of carbonyl (C=O) groups excluding carboxylic acids is 2. The molecule has 2 heterocycles. The molecule has 3 rings (SSSR count).